The molecular formula is C18H21ClN2O2. The number of carbonyl (C=O) groups excluding carboxylic acids is 1. The number of amides is 1. The van der Waals surface area contributed by atoms with Crippen LogP contribution in [0.15, 0.2) is 40.8 Å². The summed E-state index contributed by atoms with van der Waals surface area (Å²) in [6, 6.07) is 11.0. The van der Waals surface area contributed by atoms with Gasteiger partial charge in [-0.2, -0.15) is 0 Å². The standard InChI is InChI=1S/C18H21ClN2O2/c1-18(2)11-21(10-9-16(18)20)17(22)15-8-7-14(23-15)12-5-3-4-6-13(12)19/h3-8,16H,9-11,20H2,1-2H3. The van der Waals surface area contributed by atoms with Crippen LogP contribution in [0, 0.1) is 5.41 Å². The normalized spacial score (nSPS) is 20.5. The zero-order chi connectivity index (χ0) is 16.6. The summed E-state index contributed by atoms with van der Waals surface area (Å²) < 4.78 is 5.75. The fraction of sp³-hybridized carbons (Fsp3) is 0.389. The average Bonchev–Trinajstić information content (AvgIpc) is 2.99. The van der Waals surface area contributed by atoms with E-state index in [2.05, 4.69) is 13.8 Å². The number of benzene rings is 1. The molecule has 0 saturated carbocycles. The molecule has 1 aromatic heterocycles. The first-order chi connectivity index (χ1) is 10.9. The molecule has 0 spiro atoms. The number of piperidine rings is 1. The fourth-order valence-corrected chi connectivity index (χ4v) is 3.19. The Balaban J connectivity index is 1.81. The second-order valence-corrected chi connectivity index (χ2v) is 7.16. The third-order valence-corrected chi connectivity index (χ3v) is 4.89. The number of nitrogens with zero attached hydrogens (tertiary/aromatic N) is 1. The summed E-state index contributed by atoms with van der Waals surface area (Å²) in [7, 11) is 0. The van der Waals surface area contributed by atoms with E-state index in [9.17, 15) is 4.79 Å². The number of carbonyl (C=O) groups is 1. The molecule has 4 nitrogen and oxygen atoms in total. The lowest BCUT2D eigenvalue weighted by molar-refractivity contribution is 0.0504. The maximum atomic E-state index is 12.7. The predicted molar refractivity (Wildman–Crippen MR) is 91.4 cm³/mol. The monoisotopic (exact) mass is 332 g/mol. The number of halogens is 1. The van der Waals surface area contributed by atoms with E-state index in [1.807, 2.05) is 23.1 Å². The van der Waals surface area contributed by atoms with Crippen molar-refractivity contribution in [2.75, 3.05) is 13.1 Å². The summed E-state index contributed by atoms with van der Waals surface area (Å²) in [5, 5.41) is 0.603. The van der Waals surface area contributed by atoms with Crippen molar-refractivity contribution in [3.63, 3.8) is 0 Å². The lowest BCUT2D eigenvalue weighted by atomic mass is 9.79. The molecule has 5 heteroatoms. The Morgan fingerprint density at radius 3 is 2.74 bits per heavy atom. The summed E-state index contributed by atoms with van der Waals surface area (Å²) in [5.41, 5.74) is 6.83. The molecular weight excluding hydrogens is 312 g/mol. The Kier molecular flexibility index (Phi) is 4.21. The van der Waals surface area contributed by atoms with Crippen LogP contribution in [0.3, 0.4) is 0 Å². The molecule has 3 rings (SSSR count). The first-order valence-electron chi connectivity index (χ1n) is 7.78. The highest BCUT2D eigenvalue weighted by Crippen LogP contribution is 2.31. The zero-order valence-corrected chi connectivity index (χ0v) is 14.1. The highest BCUT2D eigenvalue weighted by Gasteiger charge is 2.36. The molecule has 1 aliphatic heterocycles. The minimum atomic E-state index is -0.0942. The smallest absolute Gasteiger partial charge is 0.289 e. The molecule has 2 N–H and O–H groups in total. The molecule has 0 bridgehead atoms. The molecule has 1 aliphatic rings. The van der Waals surface area contributed by atoms with Gasteiger partial charge in [0.1, 0.15) is 5.76 Å². The quantitative estimate of drug-likeness (QED) is 0.910. The SMILES string of the molecule is CC1(C)CN(C(=O)c2ccc(-c3ccccc3Cl)o2)CCC1N. The minimum absolute atomic E-state index is 0.0912. The highest BCUT2D eigenvalue weighted by atomic mass is 35.5. The van der Waals surface area contributed by atoms with Gasteiger partial charge in [-0.15, -0.1) is 0 Å². The first-order valence-corrected chi connectivity index (χ1v) is 8.16. The first kappa shape index (κ1) is 16.1. The molecule has 1 amide bonds. The number of hydrogen-bond acceptors (Lipinski definition) is 3. The predicted octanol–water partition coefficient (Wildman–Crippen LogP) is 3.80. The van der Waals surface area contributed by atoms with Gasteiger partial charge in [0.05, 0.1) is 5.02 Å². The van der Waals surface area contributed by atoms with Crippen LogP contribution in [-0.2, 0) is 0 Å². The molecule has 1 unspecified atom stereocenters. The number of hydrogen-bond donors (Lipinski definition) is 1. The van der Waals surface area contributed by atoms with Gasteiger partial charge < -0.3 is 15.1 Å². The van der Waals surface area contributed by atoms with Crippen LogP contribution in [0.2, 0.25) is 5.02 Å². The van der Waals surface area contributed by atoms with Crippen LogP contribution >= 0.6 is 11.6 Å². The Morgan fingerprint density at radius 2 is 2.04 bits per heavy atom. The van der Waals surface area contributed by atoms with Gasteiger partial charge in [0.2, 0.25) is 0 Å². The van der Waals surface area contributed by atoms with E-state index in [-0.39, 0.29) is 17.4 Å². The van der Waals surface area contributed by atoms with E-state index in [1.165, 1.54) is 0 Å². The van der Waals surface area contributed by atoms with Gasteiger partial charge in [0, 0.05) is 24.7 Å². The van der Waals surface area contributed by atoms with Gasteiger partial charge in [-0.05, 0) is 36.1 Å². The van der Waals surface area contributed by atoms with Gasteiger partial charge in [0.25, 0.3) is 5.91 Å². The van der Waals surface area contributed by atoms with Gasteiger partial charge in [-0.3, -0.25) is 4.79 Å². The van der Waals surface area contributed by atoms with Gasteiger partial charge >= 0.3 is 0 Å². The van der Waals surface area contributed by atoms with Crippen LogP contribution in [0.4, 0.5) is 0 Å². The zero-order valence-electron chi connectivity index (χ0n) is 13.4. The van der Waals surface area contributed by atoms with Crippen molar-refractivity contribution < 1.29 is 9.21 Å². The largest absolute Gasteiger partial charge is 0.451 e. The Morgan fingerprint density at radius 1 is 1.30 bits per heavy atom. The summed E-state index contributed by atoms with van der Waals surface area (Å²) in [6.07, 6.45) is 0.802. The Labute approximate surface area is 141 Å². The number of nitrogens with two attached hydrogens (primary N) is 1. The molecule has 1 aromatic carbocycles. The Bertz CT molecular complexity index is 723. The van der Waals surface area contributed by atoms with Crippen LogP contribution in [0.25, 0.3) is 11.3 Å². The second kappa shape index (κ2) is 6.02. The van der Waals surface area contributed by atoms with E-state index in [0.717, 1.165) is 12.0 Å². The van der Waals surface area contributed by atoms with E-state index in [0.29, 0.717) is 29.6 Å². The van der Waals surface area contributed by atoms with Crippen molar-refractivity contribution in [2.24, 2.45) is 11.1 Å². The molecule has 1 saturated heterocycles. The molecule has 0 aliphatic carbocycles. The summed E-state index contributed by atoms with van der Waals surface area (Å²) in [5.74, 6) is 0.849. The lowest BCUT2D eigenvalue weighted by Crippen LogP contribution is -2.53. The highest BCUT2D eigenvalue weighted by molar-refractivity contribution is 6.33. The van der Waals surface area contributed by atoms with Crippen molar-refractivity contribution >= 4 is 17.5 Å². The molecule has 2 heterocycles. The third kappa shape index (κ3) is 3.14. The third-order valence-electron chi connectivity index (χ3n) is 4.56. The van der Waals surface area contributed by atoms with E-state index < -0.39 is 0 Å². The number of likely N-dealkylation sites (tertiary alicyclic amines) is 1. The van der Waals surface area contributed by atoms with Crippen molar-refractivity contribution in [2.45, 2.75) is 26.3 Å². The van der Waals surface area contributed by atoms with Crippen LogP contribution in [0.5, 0.6) is 0 Å². The Hall–Kier alpha value is -1.78. The molecule has 23 heavy (non-hydrogen) atoms. The van der Waals surface area contributed by atoms with Crippen molar-refractivity contribution in [3.8, 4) is 11.3 Å². The summed E-state index contributed by atoms with van der Waals surface area (Å²) >= 11 is 6.18. The molecule has 0 radical (unpaired) electrons. The van der Waals surface area contributed by atoms with E-state index in [1.54, 1.807) is 18.2 Å². The van der Waals surface area contributed by atoms with Gasteiger partial charge in [0.15, 0.2) is 5.76 Å². The van der Waals surface area contributed by atoms with Gasteiger partial charge in [-0.1, -0.05) is 37.6 Å². The fourth-order valence-electron chi connectivity index (χ4n) is 2.96. The number of rotatable bonds is 2. The molecule has 1 fully saturated rings. The second-order valence-electron chi connectivity index (χ2n) is 6.75. The molecule has 1 atom stereocenters. The topological polar surface area (TPSA) is 59.5 Å². The summed E-state index contributed by atoms with van der Waals surface area (Å²) in [4.78, 5) is 14.5. The minimum Gasteiger partial charge on any atom is -0.451 e. The molecule has 2 aromatic rings. The van der Waals surface area contributed by atoms with Crippen LogP contribution in [0.1, 0.15) is 30.8 Å². The lowest BCUT2D eigenvalue weighted by Gasteiger charge is -2.42. The van der Waals surface area contributed by atoms with Crippen LogP contribution < -0.4 is 5.73 Å². The maximum Gasteiger partial charge on any atom is 0.289 e. The molecule has 122 valence electrons. The average molecular weight is 333 g/mol. The maximum absolute atomic E-state index is 12.7. The van der Waals surface area contributed by atoms with E-state index >= 15 is 0 Å². The van der Waals surface area contributed by atoms with Crippen molar-refractivity contribution in [1.29, 1.82) is 0 Å². The van der Waals surface area contributed by atoms with Gasteiger partial charge in [-0.25, -0.2) is 0 Å². The summed E-state index contributed by atoms with van der Waals surface area (Å²) in [6.45, 7) is 5.48. The van der Waals surface area contributed by atoms with Crippen LogP contribution in [-0.4, -0.2) is 29.9 Å². The number of furan rings is 1. The van der Waals surface area contributed by atoms with Crippen molar-refractivity contribution in [3.05, 3.63) is 47.2 Å². The van der Waals surface area contributed by atoms with E-state index in [4.69, 9.17) is 21.8 Å². The van der Waals surface area contributed by atoms with Crippen molar-refractivity contribution in [1.82, 2.24) is 4.90 Å².